The number of hydrogen-bond acceptors (Lipinski definition) is 6. The lowest BCUT2D eigenvalue weighted by atomic mass is 10.2. The highest BCUT2D eigenvalue weighted by Gasteiger charge is 2.11. The lowest BCUT2D eigenvalue weighted by Crippen LogP contribution is -2.25. The number of benzene rings is 2. The second kappa shape index (κ2) is 9.78. The zero-order valence-electron chi connectivity index (χ0n) is 16.9. The Morgan fingerprint density at radius 3 is 2.27 bits per heavy atom. The summed E-state index contributed by atoms with van der Waals surface area (Å²) in [6.07, 6.45) is 2.58. The van der Waals surface area contributed by atoms with Gasteiger partial charge in [-0.25, -0.2) is 4.98 Å². The van der Waals surface area contributed by atoms with Crippen LogP contribution in [0.1, 0.15) is 12.8 Å². The van der Waals surface area contributed by atoms with Crippen molar-refractivity contribution in [3.05, 3.63) is 59.8 Å². The molecule has 0 atom stereocenters. The maximum absolute atomic E-state index is 6.18. The van der Waals surface area contributed by atoms with Crippen LogP contribution in [0.3, 0.4) is 0 Å². The summed E-state index contributed by atoms with van der Waals surface area (Å²) in [7, 11) is 1.63. The number of methoxy groups -OCH3 is 1. The van der Waals surface area contributed by atoms with Gasteiger partial charge < -0.3 is 14.2 Å². The molecule has 1 aliphatic rings. The van der Waals surface area contributed by atoms with Crippen molar-refractivity contribution in [3.8, 4) is 34.5 Å². The van der Waals surface area contributed by atoms with Crippen molar-refractivity contribution in [2.24, 2.45) is 0 Å². The van der Waals surface area contributed by atoms with E-state index in [0.717, 1.165) is 23.6 Å². The van der Waals surface area contributed by atoms with E-state index in [2.05, 4.69) is 14.9 Å². The summed E-state index contributed by atoms with van der Waals surface area (Å²) in [6.45, 7) is 4.01. The molecular weight excluding hydrogens is 402 g/mol. The highest BCUT2D eigenvalue weighted by molar-refractivity contribution is 6.29. The third-order valence-electron chi connectivity index (χ3n) is 4.94. The SMILES string of the molecule is COc1ccc(-c2nc(Cl)cc(Oc3ccc(OCCN4CCCC4)cc3)n2)cc1. The first-order chi connectivity index (χ1) is 14.7. The quantitative estimate of drug-likeness (QED) is 0.469. The minimum absolute atomic E-state index is 0.313. The Morgan fingerprint density at radius 2 is 1.57 bits per heavy atom. The summed E-state index contributed by atoms with van der Waals surface area (Å²) in [5.41, 5.74) is 0.824. The van der Waals surface area contributed by atoms with Crippen LogP contribution in [0, 0.1) is 0 Å². The maximum atomic E-state index is 6.18. The molecule has 2 heterocycles. The minimum atomic E-state index is 0.313. The Bertz CT molecular complexity index is 958. The van der Waals surface area contributed by atoms with Gasteiger partial charge >= 0.3 is 0 Å². The average Bonchev–Trinajstić information content (AvgIpc) is 3.28. The highest BCUT2D eigenvalue weighted by atomic mass is 35.5. The Labute approximate surface area is 181 Å². The second-order valence-corrected chi connectivity index (χ2v) is 7.44. The molecule has 1 fully saturated rings. The summed E-state index contributed by atoms with van der Waals surface area (Å²) < 4.78 is 16.9. The molecule has 0 radical (unpaired) electrons. The number of ether oxygens (including phenoxy) is 3. The van der Waals surface area contributed by atoms with Crippen molar-refractivity contribution in [1.82, 2.24) is 14.9 Å². The van der Waals surface area contributed by atoms with Crippen LogP contribution in [0.5, 0.6) is 23.1 Å². The third kappa shape index (κ3) is 5.40. The molecule has 3 aromatic rings. The molecule has 7 heteroatoms. The largest absolute Gasteiger partial charge is 0.497 e. The number of hydrogen-bond donors (Lipinski definition) is 0. The predicted molar refractivity (Wildman–Crippen MR) is 117 cm³/mol. The Morgan fingerprint density at radius 1 is 0.900 bits per heavy atom. The Hall–Kier alpha value is -2.83. The van der Waals surface area contributed by atoms with E-state index in [4.69, 9.17) is 25.8 Å². The number of halogens is 1. The standard InChI is InChI=1S/C23H24ClN3O3/c1-28-18-6-4-17(5-7-18)23-25-21(24)16-22(26-23)30-20-10-8-19(9-11-20)29-15-14-27-12-2-3-13-27/h4-11,16H,2-3,12-15H2,1H3. The lowest BCUT2D eigenvalue weighted by Gasteiger charge is -2.15. The van der Waals surface area contributed by atoms with E-state index < -0.39 is 0 Å². The van der Waals surface area contributed by atoms with Gasteiger partial charge in [0.2, 0.25) is 5.88 Å². The molecule has 4 rings (SSSR count). The summed E-state index contributed by atoms with van der Waals surface area (Å²) in [6, 6.07) is 16.5. The van der Waals surface area contributed by atoms with Crippen LogP contribution < -0.4 is 14.2 Å². The van der Waals surface area contributed by atoms with Gasteiger partial charge in [0.15, 0.2) is 5.82 Å². The van der Waals surface area contributed by atoms with E-state index in [9.17, 15) is 0 Å². The topological polar surface area (TPSA) is 56.7 Å². The van der Waals surface area contributed by atoms with Crippen LogP contribution in [0.15, 0.2) is 54.6 Å². The van der Waals surface area contributed by atoms with E-state index in [1.165, 1.54) is 25.9 Å². The van der Waals surface area contributed by atoms with E-state index in [-0.39, 0.29) is 0 Å². The number of likely N-dealkylation sites (tertiary alicyclic amines) is 1. The fourth-order valence-electron chi connectivity index (χ4n) is 3.34. The molecule has 0 aliphatic carbocycles. The van der Waals surface area contributed by atoms with Crippen molar-refractivity contribution in [3.63, 3.8) is 0 Å². The first-order valence-corrected chi connectivity index (χ1v) is 10.4. The molecule has 0 spiro atoms. The smallest absolute Gasteiger partial charge is 0.224 e. The van der Waals surface area contributed by atoms with Crippen LogP contribution >= 0.6 is 11.6 Å². The number of rotatable bonds is 8. The molecule has 2 aromatic carbocycles. The first-order valence-electron chi connectivity index (χ1n) is 10.0. The van der Waals surface area contributed by atoms with Gasteiger partial charge in [0.25, 0.3) is 0 Å². The first kappa shape index (κ1) is 20.4. The monoisotopic (exact) mass is 425 g/mol. The van der Waals surface area contributed by atoms with Gasteiger partial charge in [0.05, 0.1) is 7.11 Å². The summed E-state index contributed by atoms with van der Waals surface area (Å²) in [5.74, 6) is 3.10. The molecular formula is C23H24ClN3O3. The molecule has 0 saturated carbocycles. The summed E-state index contributed by atoms with van der Waals surface area (Å²) in [4.78, 5) is 11.2. The number of nitrogens with zero attached hydrogens (tertiary/aromatic N) is 3. The van der Waals surface area contributed by atoms with Gasteiger partial charge in [-0.15, -0.1) is 0 Å². The van der Waals surface area contributed by atoms with Gasteiger partial charge in [-0.3, -0.25) is 4.90 Å². The summed E-state index contributed by atoms with van der Waals surface area (Å²) >= 11 is 6.18. The molecule has 0 N–H and O–H groups in total. The van der Waals surface area contributed by atoms with Crippen LogP contribution in [0.4, 0.5) is 0 Å². The molecule has 0 unspecified atom stereocenters. The van der Waals surface area contributed by atoms with Crippen molar-refractivity contribution >= 4 is 11.6 Å². The molecule has 0 amide bonds. The predicted octanol–water partition coefficient (Wildman–Crippen LogP) is 5.07. The van der Waals surface area contributed by atoms with Crippen molar-refractivity contribution < 1.29 is 14.2 Å². The summed E-state index contributed by atoms with van der Waals surface area (Å²) in [5, 5.41) is 0.313. The van der Waals surface area contributed by atoms with E-state index in [0.29, 0.717) is 29.2 Å². The zero-order chi connectivity index (χ0) is 20.8. The average molecular weight is 426 g/mol. The minimum Gasteiger partial charge on any atom is -0.497 e. The second-order valence-electron chi connectivity index (χ2n) is 7.05. The maximum Gasteiger partial charge on any atom is 0.224 e. The highest BCUT2D eigenvalue weighted by Crippen LogP contribution is 2.27. The van der Waals surface area contributed by atoms with Gasteiger partial charge in [-0.2, -0.15) is 4.98 Å². The van der Waals surface area contributed by atoms with E-state index in [1.807, 2.05) is 48.5 Å². The van der Waals surface area contributed by atoms with Crippen molar-refractivity contribution in [2.75, 3.05) is 33.4 Å². The van der Waals surface area contributed by atoms with E-state index in [1.54, 1.807) is 13.2 Å². The van der Waals surface area contributed by atoms with E-state index >= 15 is 0 Å². The molecule has 30 heavy (non-hydrogen) atoms. The zero-order valence-corrected chi connectivity index (χ0v) is 17.6. The van der Waals surface area contributed by atoms with Crippen LogP contribution in [-0.4, -0.2) is 48.2 Å². The molecule has 0 bridgehead atoms. The van der Waals surface area contributed by atoms with Crippen molar-refractivity contribution in [2.45, 2.75) is 12.8 Å². The third-order valence-corrected chi connectivity index (χ3v) is 5.13. The number of aromatic nitrogens is 2. The molecule has 1 aromatic heterocycles. The Kier molecular flexibility index (Phi) is 6.67. The van der Waals surface area contributed by atoms with Crippen LogP contribution in [0.2, 0.25) is 5.15 Å². The molecule has 156 valence electrons. The fraction of sp³-hybridized carbons (Fsp3) is 0.304. The fourth-order valence-corrected chi connectivity index (χ4v) is 3.52. The van der Waals surface area contributed by atoms with Crippen LogP contribution in [0.25, 0.3) is 11.4 Å². The molecule has 1 saturated heterocycles. The van der Waals surface area contributed by atoms with Crippen molar-refractivity contribution in [1.29, 1.82) is 0 Å². The van der Waals surface area contributed by atoms with Gasteiger partial charge in [-0.1, -0.05) is 11.6 Å². The Balaban J connectivity index is 1.38. The normalized spacial score (nSPS) is 13.9. The lowest BCUT2D eigenvalue weighted by molar-refractivity contribution is 0.237. The molecule has 6 nitrogen and oxygen atoms in total. The van der Waals surface area contributed by atoms with Gasteiger partial charge in [-0.05, 0) is 74.5 Å². The molecule has 1 aliphatic heterocycles. The van der Waals surface area contributed by atoms with Crippen LogP contribution in [-0.2, 0) is 0 Å². The van der Waals surface area contributed by atoms with Gasteiger partial charge in [0.1, 0.15) is 29.0 Å². The van der Waals surface area contributed by atoms with Gasteiger partial charge in [0, 0.05) is 18.2 Å².